The highest BCUT2D eigenvalue weighted by Gasteiger charge is 2.46. The SMILES string of the molecule is CCOC(=O)[C@H]1C[C@H]1CN(C(=O)CSc1ccncc1)C1CCCCC1. The Morgan fingerprint density at radius 1 is 1.23 bits per heavy atom. The fourth-order valence-corrected chi connectivity index (χ4v) is 4.52. The van der Waals surface area contributed by atoms with Crippen LogP contribution in [0.5, 0.6) is 0 Å². The first kappa shape index (κ1) is 19.2. The van der Waals surface area contributed by atoms with E-state index in [9.17, 15) is 9.59 Å². The lowest BCUT2D eigenvalue weighted by Gasteiger charge is -2.34. The van der Waals surface area contributed by atoms with Gasteiger partial charge in [-0.2, -0.15) is 0 Å². The van der Waals surface area contributed by atoms with Crippen molar-refractivity contribution in [1.82, 2.24) is 9.88 Å². The molecule has 0 N–H and O–H groups in total. The van der Waals surface area contributed by atoms with Crippen LogP contribution >= 0.6 is 11.8 Å². The lowest BCUT2D eigenvalue weighted by Crippen LogP contribution is -2.44. The third-order valence-corrected chi connectivity index (χ3v) is 6.29. The minimum atomic E-state index is -0.0975. The molecule has 2 aliphatic carbocycles. The topological polar surface area (TPSA) is 59.5 Å². The maximum absolute atomic E-state index is 13.0. The number of nitrogens with zero attached hydrogens (tertiary/aromatic N) is 2. The van der Waals surface area contributed by atoms with E-state index in [1.807, 2.05) is 19.1 Å². The second kappa shape index (κ2) is 9.40. The normalized spacial score (nSPS) is 22.7. The number of hydrogen-bond acceptors (Lipinski definition) is 5. The van der Waals surface area contributed by atoms with Gasteiger partial charge < -0.3 is 9.64 Å². The molecule has 1 aromatic rings. The standard InChI is InChI=1S/C20H28N2O3S/c1-2-25-20(24)18-12-15(18)13-22(16-6-4-3-5-7-16)19(23)14-26-17-8-10-21-11-9-17/h8-11,15-16,18H,2-7,12-14H2,1H3/t15-,18-/m0/s1. The summed E-state index contributed by atoms with van der Waals surface area (Å²) in [5, 5.41) is 0. The Hall–Kier alpha value is -1.56. The Kier molecular flexibility index (Phi) is 6.94. The molecule has 3 rings (SSSR count). The van der Waals surface area contributed by atoms with Crippen LogP contribution in [0.2, 0.25) is 0 Å². The van der Waals surface area contributed by atoms with Gasteiger partial charge in [0.05, 0.1) is 18.3 Å². The smallest absolute Gasteiger partial charge is 0.309 e. The first-order valence-corrected chi connectivity index (χ1v) is 10.7. The van der Waals surface area contributed by atoms with Crippen LogP contribution in [0.3, 0.4) is 0 Å². The summed E-state index contributed by atoms with van der Waals surface area (Å²) in [4.78, 5) is 32.0. The van der Waals surface area contributed by atoms with E-state index in [1.165, 1.54) is 19.3 Å². The van der Waals surface area contributed by atoms with Crippen molar-refractivity contribution in [2.75, 3.05) is 18.9 Å². The van der Waals surface area contributed by atoms with E-state index in [1.54, 1.807) is 24.2 Å². The second-order valence-electron chi connectivity index (χ2n) is 7.16. The zero-order valence-electron chi connectivity index (χ0n) is 15.4. The molecule has 2 atom stereocenters. The van der Waals surface area contributed by atoms with E-state index < -0.39 is 0 Å². The Morgan fingerprint density at radius 2 is 1.96 bits per heavy atom. The molecule has 0 bridgehead atoms. The number of ether oxygens (including phenoxy) is 1. The van der Waals surface area contributed by atoms with Crippen molar-refractivity contribution in [3.8, 4) is 0 Å². The molecule has 1 aromatic heterocycles. The van der Waals surface area contributed by atoms with Crippen LogP contribution in [0.1, 0.15) is 45.4 Å². The van der Waals surface area contributed by atoms with Gasteiger partial charge in [-0.1, -0.05) is 19.3 Å². The van der Waals surface area contributed by atoms with Gasteiger partial charge in [0.1, 0.15) is 0 Å². The first-order chi connectivity index (χ1) is 12.7. The zero-order valence-corrected chi connectivity index (χ0v) is 16.2. The third kappa shape index (κ3) is 5.22. The van der Waals surface area contributed by atoms with Gasteiger partial charge in [-0.3, -0.25) is 14.6 Å². The molecule has 1 amide bonds. The number of aromatic nitrogens is 1. The van der Waals surface area contributed by atoms with Crippen LogP contribution in [-0.2, 0) is 14.3 Å². The fourth-order valence-electron chi connectivity index (χ4n) is 3.75. The van der Waals surface area contributed by atoms with Crippen molar-refractivity contribution < 1.29 is 14.3 Å². The average molecular weight is 377 g/mol. The van der Waals surface area contributed by atoms with E-state index in [-0.39, 0.29) is 23.7 Å². The molecule has 142 valence electrons. The molecule has 0 aromatic carbocycles. The van der Waals surface area contributed by atoms with Crippen LogP contribution in [0.4, 0.5) is 0 Å². The molecule has 6 heteroatoms. The van der Waals surface area contributed by atoms with E-state index in [4.69, 9.17) is 4.74 Å². The predicted molar refractivity (Wildman–Crippen MR) is 102 cm³/mol. The Labute approximate surface area is 159 Å². The summed E-state index contributed by atoms with van der Waals surface area (Å²) in [7, 11) is 0. The van der Waals surface area contributed by atoms with Gasteiger partial charge in [0, 0.05) is 29.9 Å². The van der Waals surface area contributed by atoms with Crippen molar-refractivity contribution in [3.05, 3.63) is 24.5 Å². The lowest BCUT2D eigenvalue weighted by molar-refractivity contribution is -0.145. The number of hydrogen-bond donors (Lipinski definition) is 0. The van der Waals surface area contributed by atoms with E-state index >= 15 is 0 Å². The second-order valence-corrected chi connectivity index (χ2v) is 8.21. The van der Waals surface area contributed by atoms with Crippen LogP contribution in [-0.4, -0.2) is 46.7 Å². The molecule has 0 spiro atoms. The van der Waals surface area contributed by atoms with E-state index in [0.717, 1.165) is 24.2 Å². The molecule has 1 heterocycles. The number of thioether (sulfide) groups is 1. The van der Waals surface area contributed by atoms with E-state index in [2.05, 4.69) is 9.88 Å². The highest BCUT2D eigenvalue weighted by atomic mass is 32.2. The lowest BCUT2D eigenvalue weighted by atomic mass is 9.94. The molecule has 0 unspecified atom stereocenters. The minimum absolute atomic E-state index is 0.0123. The van der Waals surface area contributed by atoms with Gasteiger partial charge in [-0.05, 0) is 44.2 Å². The van der Waals surface area contributed by atoms with Crippen LogP contribution < -0.4 is 0 Å². The van der Waals surface area contributed by atoms with Gasteiger partial charge in [-0.15, -0.1) is 11.8 Å². The molecule has 2 aliphatic rings. The first-order valence-electron chi connectivity index (χ1n) is 9.68. The van der Waals surface area contributed by atoms with Gasteiger partial charge in [0.15, 0.2) is 0 Å². The quantitative estimate of drug-likeness (QED) is 0.513. The van der Waals surface area contributed by atoms with Crippen molar-refractivity contribution in [3.63, 3.8) is 0 Å². The van der Waals surface area contributed by atoms with Gasteiger partial charge in [-0.25, -0.2) is 0 Å². The maximum atomic E-state index is 13.0. The molecular weight excluding hydrogens is 348 g/mol. The number of carbonyl (C=O) groups is 2. The highest BCUT2D eigenvalue weighted by Crippen LogP contribution is 2.41. The van der Waals surface area contributed by atoms with Crippen LogP contribution in [0.25, 0.3) is 0 Å². The zero-order chi connectivity index (χ0) is 18.4. The summed E-state index contributed by atoms with van der Waals surface area (Å²) in [6.07, 6.45) is 10.2. The molecule has 0 aliphatic heterocycles. The Morgan fingerprint density at radius 3 is 2.65 bits per heavy atom. The van der Waals surface area contributed by atoms with Crippen molar-refractivity contribution in [1.29, 1.82) is 0 Å². The largest absolute Gasteiger partial charge is 0.466 e. The highest BCUT2D eigenvalue weighted by molar-refractivity contribution is 8.00. The number of esters is 1. The van der Waals surface area contributed by atoms with Crippen molar-refractivity contribution in [2.45, 2.75) is 56.4 Å². The molecule has 0 radical (unpaired) electrons. The summed E-state index contributed by atoms with van der Waals surface area (Å²) in [5.41, 5.74) is 0. The van der Waals surface area contributed by atoms with Gasteiger partial charge >= 0.3 is 5.97 Å². The Balaban J connectivity index is 1.58. The molecular formula is C20H28N2O3S. The number of rotatable bonds is 8. The maximum Gasteiger partial charge on any atom is 0.309 e. The summed E-state index contributed by atoms with van der Waals surface area (Å²) in [5.74, 6) is 0.789. The summed E-state index contributed by atoms with van der Waals surface area (Å²) < 4.78 is 5.14. The van der Waals surface area contributed by atoms with Crippen molar-refractivity contribution in [2.24, 2.45) is 11.8 Å². The van der Waals surface area contributed by atoms with E-state index in [0.29, 0.717) is 24.9 Å². The number of amides is 1. The number of carbonyl (C=O) groups excluding carboxylic acids is 2. The molecule has 26 heavy (non-hydrogen) atoms. The predicted octanol–water partition coefficient (Wildman–Crippen LogP) is 3.53. The average Bonchev–Trinajstić information content (AvgIpc) is 3.45. The molecule has 2 fully saturated rings. The summed E-state index contributed by atoms with van der Waals surface area (Å²) in [6, 6.07) is 4.19. The van der Waals surface area contributed by atoms with Crippen LogP contribution in [0, 0.1) is 11.8 Å². The fraction of sp³-hybridized carbons (Fsp3) is 0.650. The molecule has 2 saturated carbocycles. The summed E-state index contributed by atoms with van der Waals surface area (Å²) in [6.45, 7) is 2.96. The van der Waals surface area contributed by atoms with Crippen LogP contribution in [0.15, 0.2) is 29.4 Å². The minimum Gasteiger partial charge on any atom is -0.466 e. The molecule has 5 nitrogen and oxygen atoms in total. The number of pyridine rings is 1. The third-order valence-electron chi connectivity index (χ3n) is 5.29. The van der Waals surface area contributed by atoms with Gasteiger partial charge in [0.25, 0.3) is 0 Å². The Bertz CT molecular complexity index is 604. The molecule has 0 saturated heterocycles. The van der Waals surface area contributed by atoms with Gasteiger partial charge in [0.2, 0.25) is 5.91 Å². The van der Waals surface area contributed by atoms with Crippen molar-refractivity contribution >= 4 is 23.6 Å². The monoisotopic (exact) mass is 376 g/mol. The summed E-state index contributed by atoms with van der Waals surface area (Å²) >= 11 is 1.56.